The monoisotopic (exact) mass is 285 g/mol. The zero-order chi connectivity index (χ0) is 15.1. The number of rotatable bonds is 4. The average Bonchev–Trinajstić information content (AvgIpc) is 2.96. The highest BCUT2D eigenvalue weighted by Crippen LogP contribution is 2.52. The van der Waals surface area contributed by atoms with Crippen molar-refractivity contribution in [1.29, 1.82) is 0 Å². The number of benzene rings is 1. The van der Waals surface area contributed by atoms with E-state index in [-0.39, 0.29) is 11.0 Å². The molecule has 1 aliphatic rings. The number of ether oxygens (including phenoxy) is 1. The van der Waals surface area contributed by atoms with E-state index in [2.05, 4.69) is 62.0 Å². The van der Waals surface area contributed by atoms with Crippen LogP contribution in [0.5, 0.6) is 0 Å². The first-order valence-electron chi connectivity index (χ1n) is 7.51. The molecule has 0 bridgehead atoms. The SMILES string of the molecule is CC(C)c1ccc(C2(Cn3cncn3)OCC2(C)C)cc1. The Labute approximate surface area is 126 Å². The van der Waals surface area contributed by atoms with E-state index in [0.29, 0.717) is 12.5 Å². The fourth-order valence-corrected chi connectivity index (χ4v) is 3.04. The van der Waals surface area contributed by atoms with Gasteiger partial charge in [-0.15, -0.1) is 0 Å². The molecule has 0 spiro atoms. The van der Waals surface area contributed by atoms with Crippen molar-refractivity contribution in [3.63, 3.8) is 0 Å². The molecule has 1 saturated heterocycles. The van der Waals surface area contributed by atoms with Gasteiger partial charge in [0.2, 0.25) is 0 Å². The van der Waals surface area contributed by atoms with Gasteiger partial charge in [0.25, 0.3) is 0 Å². The zero-order valence-electron chi connectivity index (χ0n) is 13.2. The first-order chi connectivity index (χ1) is 9.95. The Morgan fingerprint density at radius 1 is 1.24 bits per heavy atom. The molecule has 0 aliphatic carbocycles. The van der Waals surface area contributed by atoms with Crippen molar-refractivity contribution < 1.29 is 4.74 Å². The van der Waals surface area contributed by atoms with Gasteiger partial charge >= 0.3 is 0 Å². The first-order valence-corrected chi connectivity index (χ1v) is 7.51. The van der Waals surface area contributed by atoms with Crippen LogP contribution in [0.2, 0.25) is 0 Å². The Kier molecular flexibility index (Phi) is 3.36. The van der Waals surface area contributed by atoms with Crippen LogP contribution in [0.1, 0.15) is 44.7 Å². The summed E-state index contributed by atoms with van der Waals surface area (Å²) in [5, 5.41) is 4.25. The minimum atomic E-state index is -0.323. The van der Waals surface area contributed by atoms with Crippen molar-refractivity contribution in [2.24, 2.45) is 5.41 Å². The lowest BCUT2D eigenvalue weighted by Gasteiger charge is -2.56. The molecule has 1 aromatic carbocycles. The summed E-state index contributed by atoms with van der Waals surface area (Å²) in [5.41, 5.74) is 2.33. The predicted molar refractivity (Wildman–Crippen MR) is 82.0 cm³/mol. The Morgan fingerprint density at radius 3 is 2.38 bits per heavy atom. The molecule has 2 aromatic rings. The summed E-state index contributed by atoms with van der Waals surface area (Å²) in [4.78, 5) is 4.04. The molecular formula is C17H23N3O. The van der Waals surface area contributed by atoms with E-state index in [1.165, 1.54) is 11.1 Å². The van der Waals surface area contributed by atoms with Gasteiger partial charge in [0.1, 0.15) is 18.3 Å². The van der Waals surface area contributed by atoms with E-state index < -0.39 is 0 Å². The van der Waals surface area contributed by atoms with Crippen LogP contribution >= 0.6 is 0 Å². The van der Waals surface area contributed by atoms with Crippen LogP contribution in [0.15, 0.2) is 36.9 Å². The third-order valence-corrected chi connectivity index (χ3v) is 4.67. The highest BCUT2D eigenvalue weighted by Gasteiger charge is 2.56. The summed E-state index contributed by atoms with van der Waals surface area (Å²) in [6, 6.07) is 8.82. The molecule has 0 N–H and O–H groups in total. The lowest BCUT2D eigenvalue weighted by Crippen LogP contribution is -2.59. The molecule has 1 aliphatic heterocycles. The van der Waals surface area contributed by atoms with Gasteiger partial charge in [-0.2, -0.15) is 5.10 Å². The van der Waals surface area contributed by atoms with Crippen LogP contribution in [-0.2, 0) is 16.9 Å². The Morgan fingerprint density at radius 2 is 1.95 bits per heavy atom. The molecule has 4 heteroatoms. The van der Waals surface area contributed by atoms with Crippen molar-refractivity contribution in [3.8, 4) is 0 Å². The highest BCUT2D eigenvalue weighted by atomic mass is 16.5. The van der Waals surface area contributed by atoms with Gasteiger partial charge in [0.15, 0.2) is 0 Å². The van der Waals surface area contributed by atoms with Crippen molar-refractivity contribution in [2.75, 3.05) is 6.61 Å². The second kappa shape index (κ2) is 4.95. The van der Waals surface area contributed by atoms with Gasteiger partial charge < -0.3 is 4.74 Å². The molecule has 3 rings (SSSR count). The summed E-state index contributed by atoms with van der Waals surface area (Å²) < 4.78 is 7.96. The van der Waals surface area contributed by atoms with E-state index in [4.69, 9.17) is 4.74 Å². The number of hydrogen-bond acceptors (Lipinski definition) is 3. The van der Waals surface area contributed by atoms with Crippen LogP contribution in [0.3, 0.4) is 0 Å². The molecule has 2 heterocycles. The first kappa shape index (κ1) is 14.3. The van der Waals surface area contributed by atoms with Crippen LogP contribution in [0, 0.1) is 5.41 Å². The molecule has 21 heavy (non-hydrogen) atoms. The van der Waals surface area contributed by atoms with Crippen molar-refractivity contribution in [1.82, 2.24) is 14.8 Å². The van der Waals surface area contributed by atoms with Crippen LogP contribution in [0.4, 0.5) is 0 Å². The molecule has 1 atom stereocenters. The number of nitrogens with zero attached hydrogens (tertiary/aromatic N) is 3. The third kappa shape index (κ3) is 2.27. The molecule has 0 amide bonds. The van der Waals surface area contributed by atoms with Crippen molar-refractivity contribution in [2.45, 2.75) is 45.8 Å². The molecule has 1 fully saturated rings. The minimum absolute atomic E-state index is 0.0816. The normalized spacial score (nSPS) is 24.0. The smallest absolute Gasteiger partial charge is 0.137 e. The Hall–Kier alpha value is -1.68. The van der Waals surface area contributed by atoms with Gasteiger partial charge in [-0.05, 0) is 17.0 Å². The Balaban J connectivity index is 1.96. The van der Waals surface area contributed by atoms with E-state index >= 15 is 0 Å². The van der Waals surface area contributed by atoms with E-state index in [1.807, 2.05) is 4.68 Å². The van der Waals surface area contributed by atoms with E-state index in [9.17, 15) is 0 Å². The molecule has 0 radical (unpaired) electrons. The summed E-state index contributed by atoms with van der Waals surface area (Å²) in [7, 11) is 0. The summed E-state index contributed by atoms with van der Waals surface area (Å²) in [5.74, 6) is 0.542. The fraction of sp³-hybridized carbons (Fsp3) is 0.529. The van der Waals surface area contributed by atoms with Crippen molar-refractivity contribution >= 4 is 0 Å². The van der Waals surface area contributed by atoms with Crippen LogP contribution < -0.4 is 0 Å². The van der Waals surface area contributed by atoms with E-state index in [1.54, 1.807) is 12.7 Å². The third-order valence-electron chi connectivity index (χ3n) is 4.67. The van der Waals surface area contributed by atoms with Gasteiger partial charge in [-0.25, -0.2) is 9.67 Å². The van der Waals surface area contributed by atoms with Gasteiger partial charge in [0, 0.05) is 5.41 Å². The highest BCUT2D eigenvalue weighted by molar-refractivity contribution is 5.32. The van der Waals surface area contributed by atoms with Crippen molar-refractivity contribution in [3.05, 3.63) is 48.0 Å². The predicted octanol–water partition coefficient (Wildman–Crippen LogP) is 3.35. The van der Waals surface area contributed by atoms with Gasteiger partial charge in [-0.3, -0.25) is 0 Å². The average molecular weight is 285 g/mol. The maximum absolute atomic E-state index is 6.10. The topological polar surface area (TPSA) is 39.9 Å². The number of aromatic nitrogens is 3. The summed E-state index contributed by atoms with van der Waals surface area (Å²) >= 11 is 0. The van der Waals surface area contributed by atoms with E-state index in [0.717, 1.165) is 6.61 Å². The molecular weight excluding hydrogens is 262 g/mol. The zero-order valence-corrected chi connectivity index (χ0v) is 13.2. The summed E-state index contributed by atoms with van der Waals surface area (Å²) in [6.07, 6.45) is 3.32. The standard InChI is InChI=1S/C17H23N3O/c1-13(2)14-5-7-15(8-6-14)17(16(3,4)10-21-17)9-20-12-18-11-19-20/h5-8,11-13H,9-10H2,1-4H3. The molecule has 112 valence electrons. The lowest BCUT2D eigenvalue weighted by molar-refractivity contribution is -0.269. The second-order valence-corrected chi connectivity index (χ2v) is 6.87. The molecule has 1 unspecified atom stereocenters. The minimum Gasteiger partial charge on any atom is -0.367 e. The molecule has 1 aromatic heterocycles. The fourth-order valence-electron chi connectivity index (χ4n) is 3.04. The molecule has 4 nitrogen and oxygen atoms in total. The van der Waals surface area contributed by atoms with Crippen LogP contribution in [-0.4, -0.2) is 21.4 Å². The quantitative estimate of drug-likeness (QED) is 0.865. The van der Waals surface area contributed by atoms with Crippen LogP contribution in [0.25, 0.3) is 0 Å². The largest absolute Gasteiger partial charge is 0.367 e. The maximum Gasteiger partial charge on any atom is 0.137 e. The van der Waals surface area contributed by atoms with Gasteiger partial charge in [0.05, 0.1) is 13.2 Å². The van der Waals surface area contributed by atoms with Gasteiger partial charge in [-0.1, -0.05) is 52.0 Å². The molecule has 0 saturated carbocycles. The number of hydrogen-bond donors (Lipinski definition) is 0. The second-order valence-electron chi connectivity index (χ2n) is 6.87. The maximum atomic E-state index is 6.10. The summed E-state index contributed by atoms with van der Waals surface area (Å²) in [6.45, 7) is 10.4. The lowest BCUT2D eigenvalue weighted by atomic mass is 9.66. The Bertz CT molecular complexity index is 601.